The van der Waals surface area contributed by atoms with Crippen molar-refractivity contribution >= 4 is 10.9 Å². The summed E-state index contributed by atoms with van der Waals surface area (Å²) in [6.45, 7) is 2.88. The van der Waals surface area contributed by atoms with E-state index in [4.69, 9.17) is 0 Å². The molecule has 1 saturated heterocycles. The van der Waals surface area contributed by atoms with E-state index in [9.17, 15) is 8.78 Å². The van der Waals surface area contributed by atoms with Crippen molar-refractivity contribution in [2.24, 2.45) is 0 Å². The number of piperazine rings is 1. The van der Waals surface area contributed by atoms with Crippen LogP contribution in [-0.4, -0.2) is 42.5 Å². The summed E-state index contributed by atoms with van der Waals surface area (Å²) < 4.78 is 26.9. The number of fused-ring (bicyclic) bond motifs is 1. The minimum Gasteiger partial charge on any atom is -0.361 e. The Balaban J connectivity index is 1.93. The van der Waals surface area contributed by atoms with E-state index in [2.05, 4.69) is 10.3 Å². The Kier molecular flexibility index (Phi) is 3.48. The topological polar surface area (TPSA) is 31.1 Å². The fraction of sp³-hybridized carbons (Fsp3) is 0.429. The summed E-state index contributed by atoms with van der Waals surface area (Å²) >= 11 is 0. The number of H-pyrrole nitrogens is 1. The predicted octanol–water partition coefficient (Wildman–Crippen LogP) is 2.38. The second kappa shape index (κ2) is 5.27. The molecular weight excluding hydrogens is 248 g/mol. The molecule has 3 nitrogen and oxygen atoms in total. The fourth-order valence-corrected chi connectivity index (χ4v) is 2.73. The highest BCUT2D eigenvalue weighted by Gasteiger charge is 2.30. The van der Waals surface area contributed by atoms with Gasteiger partial charge in [-0.3, -0.25) is 4.90 Å². The molecule has 2 heterocycles. The van der Waals surface area contributed by atoms with Crippen LogP contribution in [0.15, 0.2) is 30.5 Å². The van der Waals surface area contributed by atoms with Crippen LogP contribution in [0.2, 0.25) is 0 Å². The molecule has 0 aliphatic carbocycles. The normalized spacial score (nSPS) is 19.1. The molecule has 102 valence electrons. The predicted molar refractivity (Wildman–Crippen MR) is 71.5 cm³/mol. The molecule has 5 heteroatoms. The molecule has 1 fully saturated rings. The van der Waals surface area contributed by atoms with Gasteiger partial charge in [0, 0.05) is 37.9 Å². The van der Waals surface area contributed by atoms with E-state index < -0.39 is 12.5 Å². The maximum absolute atomic E-state index is 13.4. The van der Waals surface area contributed by atoms with Crippen LogP contribution in [0.4, 0.5) is 8.78 Å². The van der Waals surface area contributed by atoms with Gasteiger partial charge in [-0.1, -0.05) is 6.07 Å². The van der Waals surface area contributed by atoms with Gasteiger partial charge in [-0.2, -0.15) is 0 Å². The van der Waals surface area contributed by atoms with Crippen molar-refractivity contribution in [1.82, 2.24) is 15.2 Å². The highest BCUT2D eigenvalue weighted by Crippen LogP contribution is 2.29. The molecule has 1 aromatic heterocycles. The zero-order valence-corrected chi connectivity index (χ0v) is 10.6. The first-order valence-corrected chi connectivity index (χ1v) is 6.55. The molecule has 0 unspecified atom stereocenters. The van der Waals surface area contributed by atoms with Crippen LogP contribution in [0.25, 0.3) is 10.9 Å². The summed E-state index contributed by atoms with van der Waals surface area (Å²) in [6.07, 6.45) is -0.536. The lowest BCUT2D eigenvalue weighted by atomic mass is 10.0. The van der Waals surface area contributed by atoms with Crippen LogP contribution in [0.3, 0.4) is 0 Å². The monoisotopic (exact) mass is 265 g/mol. The van der Waals surface area contributed by atoms with E-state index in [1.54, 1.807) is 6.07 Å². The third kappa shape index (κ3) is 2.48. The van der Waals surface area contributed by atoms with Gasteiger partial charge >= 0.3 is 0 Å². The van der Waals surface area contributed by atoms with Gasteiger partial charge in [0.2, 0.25) is 0 Å². The summed E-state index contributed by atoms with van der Waals surface area (Å²) in [7, 11) is 0. The van der Waals surface area contributed by atoms with Crippen molar-refractivity contribution in [3.05, 3.63) is 36.0 Å². The molecule has 1 atom stereocenters. The van der Waals surface area contributed by atoms with E-state index >= 15 is 0 Å². The van der Waals surface area contributed by atoms with E-state index in [0.717, 1.165) is 24.0 Å². The van der Waals surface area contributed by atoms with E-state index in [1.807, 2.05) is 29.3 Å². The molecule has 1 aliphatic rings. The largest absolute Gasteiger partial charge is 0.361 e. The van der Waals surface area contributed by atoms with Gasteiger partial charge in [-0.25, -0.2) is 8.78 Å². The zero-order valence-electron chi connectivity index (χ0n) is 10.6. The summed E-state index contributed by atoms with van der Waals surface area (Å²) in [4.78, 5) is 4.95. The second-order valence-corrected chi connectivity index (χ2v) is 4.89. The Morgan fingerprint density at radius 3 is 2.63 bits per heavy atom. The number of aromatic amines is 1. The molecule has 3 rings (SSSR count). The van der Waals surface area contributed by atoms with Crippen LogP contribution in [-0.2, 0) is 0 Å². The van der Waals surface area contributed by atoms with E-state index in [-0.39, 0.29) is 0 Å². The maximum atomic E-state index is 13.4. The number of alkyl halides is 2. The van der Waals surface area contributed by atoms with Crippen LogP contribution < -0.4 is 5.32 Å². The van der Waals surface area contributed by atoms with Crippen molar-refractivity contribution in [1.29, 1.82) is 0 Å². The lowest BCUT2D eigenvalue weighted by molar-refractivity contribution is 0.0182. The molecule has 1 aromatic carbocycles. The number of nitrogens with one attached hydrogen (secondary N) is 2. The van der Waals surface area contributed by atoms with Crippen molar-refractivity contribution in [3.8, 4) is 0 Å². The molecule has 0 amide bonds. The lowest BCUT2D eigenvalue weighted by Crippen LogP contribution is -2.46. The second-order valence-electron chi connectivity index (χ2n) is 4.89. The Morgan fingerprint density at radius 2 is 1.89 bits per heavy atom. The standard InChI is InChI=1S/C14H17F2N3/c15-14(16)13(19-7-5-17-6-8-19)11-1-2-12-10(9-11)3-4-18-12/h1-4,9,13-14,17-18H,5-8H2/t13-/m0/s1. The molecule has 1 aliphatic heterocycles. The van der Waals surface area contributed by atoms with Crippen LogP contribution in [0.5, 0.6) is 0 Å². The molecule has 2 N–H and O–H groups in total. The Bertz CT molecular complexity index is 546. The van der Waals surface area contributed by atoms with Crippen molar-refractivity contribution in [3.63, 3.8) is 0 Å². The summed E-state index contributed by atoms with van der Waals surface area (Å²) in [5.74, 6) is 0. The van der Waals surface area contributed by atoms with Crippen molar-refractivity contribution in [2.75, 3.05) is 26.2 Å². The summed E-state index contributed by atoms with van der Waals surface area (Å²) in [6, 6.07) is 6.66. The van der Waals surface area contributed by atoms with Gasteiger partial charge in [-0.15, -0.1) is 0 Å². The average Bonchev–Trinajstić information content (AvgIpc) is 2.87. The number of rotatable bonds is 3. The first-order valence-electron chi connectivity index (χ1n) is 6.55. The Hall–Kier alpha value is -1.46. The molecule has 0 saturated carbocycles. The Labute approximate surface area is 110 Å². The third-order valence-electron chi connectivity index (χ3n) is 3.70. The smallest absolute Gasteiger partial charge is 0.258 e. The van der Waals surface area contributed by atoms with Gasteiger partial charge in [0.05, 0.1) is 6.04 Å². The van der Waals surface area contributed by atoms with Crippen molar-refractivity contribution < 1.29 is 8.78 Å². The number of halogens is 2. The van der Waals surface area contributed by atoms with Gasteiger partial charge in [-0.05, 0) is 29.1 Å². The number of nitrogens with zero attached hydrogens (tertiary/aromatic N) is 1. The quantitative estimate of drug-likeness (QED) is 0.892. The van der Waals surface area contributed by atoms with Crippen LogP contribution in [0, 0.1) is 0 Å². The Morgan fingerprint density at radius 1 is 1.11 bits per heavy atom. The minimum atomic E-state index is -2.37. The van der Waals surface area contributed by atoms with Crippen LogP contribution >= 0.6 is 0 Å². The molecule has 0 radical (unpaired) electrons. The van der Waals surface area contributed by atoms with Gasteiger partial charge in [0.1, 0.15) is 0 Å². The molecule has 19 heavy (non-hydrogen) atoms. The van der Waals surface area contributed by atoms with E-state index in [1.165, 1.54) is 0 Å². The number of benzene rings is 1. The molecule has 0 bridgehead atoms. The van der Waals surface area contributed by atoms with Gasteiger partial charge in [0.25, 0.3) is 6.43 Å². The highest BCUT2D eigenvalue weighted by atomic mass is 19.3. The van der Waals surface area contributed by atoms with E-state index in [0.29, 0.717) is 18.7 Å². The summed E-state index contributed by atoms with van der Waals surface area (Å²) in [5, 5.41) is 4.18. The lowest BCUT2D eigenvalue weighted by Gasteiger charge is -2.34. The number of hydrogen-bond acceptors (Lipinski definition) is 2. The highest BCUT2D eigenvalue weighted by molar-refractivity contribution is 5.80. The number of aromatic nitrogens is 1. The van der Waals surface area contributed by atoms with Gasteiger partial charge < -0.3 is 10.3 Å². The first kappa shape index (κ1) is 12.6. The summed E-state index contributed by atoms with van der Waals surface area (Å²) in [5.41, 5.74) is 1.68. The maximum Gasteiger partial charge on any atom is 0.258 e. The average molecular weight is 265 g/mol. The molecule has 0 spiro atoms. The zero-order chi connectivity index (χ0) is 13.2. The SMILES string of the molecule is FC(F)[C@H](c1ccc2[nH]ccc2c1)N1CCNCC1. The minimum absolute atomic E-state index is 0.667. The van der Waals surface area contributed by atoms with Gasteiger partial charge in [0.15, 0.2) is 0 Å². The first-order chi connectivity index (χ1) is 9.25. The molecule has 2 aromatic rings. The fourth-order valence-electron chi connectivity index (χ4n) is 2.73. The molecular formula is C14H17F2N3. The third-order valence-corrected chi connectivity index (χ3v) is 3.70. The van der Waals surface area contributed by atoms with Crippen molar-refractivity contribution in [2.45, 2.75) is 12.5 Å². The number of hydrogen-bond donors (Lipinski definition) is 2. The van der Waals surface area contributed by atoms with Crippen LogP contribution in [0.1, 0.15) is 11.6 Å².